The van der Waals surface area contributed by atoms with Gasteiger partial charge >= 0.3 is 0 Å². The number of hydrogen-bond donors (Lipinski definition) is 1. The van der Waals surface area contributed by atoms with Crippen LogP contribution in [0.25, 0.3) is 0 Å². The van der Waals surface area contributed by atoms with Crippen LogP contribution < -0.4 is 5.73 Å². The number of pyridine rings is 1. The summed E-state index contributed by atoms with van der Waals surface area (Å²) in [6.07, 6.45) is 3.14. The van der Waals surface area contributed by atoms with E-state index in [9.17, 15) is 4.21 Å². The zero-order valence-corrected chi connectivity index (χ0v) is 9.55. The number of nitrogens with zero attached hydrogens (tertiary/aromatic N) is 1. The van der Waals surface area contributed by atoms with Crippen LogP contribution in [0.5, 0.6) is 0 Å². The minimum Gasteiger partial charge on any atom is -0.396 e. The molecule has 0 saturated heterocycles. The molecule has 0 amide bonds. The van der Waals surface area contributed by atoms with E-state index in [1.54, 1.807) is 23.6 Å². The first-order valence-corrected chi connectivity index (χ1v) is 6.57. The maximum Gasteiger partial charge on any atom is 0.0664 e. The van der Waals surface area contributed by atoms with E-state index in [1.165, 1.54) is 6.20 Å². The Hall–Kier alpha value is -1.20. The van der Waals surface area contributed by atoms with Crippen LogP contribution in [0.3, 0.4) is 0 Å². The Labute approximate surface area is 94.4 Å². The van der Waals surface area contributed by atoms with Gasteiger partial charge in [-0.3, -0.25) is 9.19 Å². The standard InChI is InChI=1S/C10H10N2OS2/c11-9-6-12-4-3-10(9)15(13)7-8-2-1-5-14-8/h1-6H,7,11H2. The van der Waals surface area contributed by atoms with Crippen LogP contribution in [0.4, 0.5) is 5.69 Å². The van der Waals surface area contributed by atoms with Crippen molar-refractivity contribution in [1.29, 1.82) is 0 Å². The van der Waals surface area contributed by atoms with Gasteiger partial charge in [0.25, 0.3) is 0 Å². The average molecular weight is 238 g/mol. The monoisotopic (exact) mass is 238 g/mol. The third-order valence-electron chi connectivity index (χ3n) is 1.91. The van der Waals surface area contributed by atoms with Crippen LogP contribution in [-0.4, -0.2) is 9.19 Å². The van der Waals surface area contributed by atoms with Gasteiger partial charge in [0, 0.05) is 11.1 Å². The van der Waals surface area contributed by atoms with Gasteiger partial charge in [-0.05, 0) is 17.5 Å². The first-order valence-electron chi connectivity index (χ1n) is 4.37. The molecule has 0 bridgehead atoms. The predicted molar refractivity (Wildman–Crippen MR) is 63.1 cm³/mol. The number of hydrogen-bond acceptors (Lipinski definition) is 4. The molecule has 2 aromatic rings. The van der Waals surface area contributed by atoms with Crippen LogP contribution in [-0.2, 0) is 16.6 Å². The summed E-state index contributed by atoms with van der Waals surface area (Å²) in [5, 5.41) is 1.97. The van der Waals surface area contributed by atoms with Crippen LogP contribution in [0.15, 0.2) is 40.9 Å². The minimum atomic E-state index is -1.08. The molecule has 2 N–H and O–H groups in total. The van der Waals surface area contributed by atoms with Gasteiger partial charge in [-0.15, -0.1) is 11.3 Å². The van der Waals surface area contributed by atoms with Gasteiger partial charge in [0.2, 0.25) is 0 Å². The highest BCUT2D eigenvalue weighted by Gasteiger charge is 2.08. The molecule has 0 radical (unpaired) electrons. The molecular weight excluding hydrogens is 228 g/mol. The Kier molecular flexibility index (Phi) is 3.13. The third kappa shape index (κ3) is 2.43. The quantitative estimate of drug-likeness (QED) is 0.890. The number of rotatable bonds is 3. The number of thiophene rings is 1. The van der Waals surface area contributed by atoms with Gasteiger partial charge in [0.1, 0.15) is 0 Å². The van der Waals surface area contributed by atoms with Gasteiger partial charge in [-0.2, -0.15) is 0 Å². The van der Waals surface area contributed by atoms with Crippen molar-refractivity contribution in [2.24, 2.45) is 0 Å². The fourth-order valence-corrected chi connectivity index (χ4v) is 3.32. The molecule has 2 rings (SSSR count). The lowest BCUT2D eigenvalue weighted by molar-refractivity contribution is 0.683. The van der Waals surface area contributed by atoms with E-state index < -0.39 is 10.8 Å². The number of nitrogen functional groups attached to an aromatic ring is 1. The van der Waals surface area contributed by atoms with E-state index in [4.69, 9.17) is 5.73 Å². The van der Waals surface area contributed by atoms with Gasteiger partial charge in [-0.25, -0.2) is 0 Å². The van der Waals surface area contributed by atoms with Gasteiger partial charge < -0.3 is 5.73 Å². The smallest absolute Gasteiger partial charge is 0.0664 e. The summed E-state index contributed by atoms with van der Waals surface area (Å²) in [5.41, 5.74) is 6.19. The largest absolute Gasteiger partial charge is 0.396 e. The topological polar surface area (TPSA) is 56.0 Å². The molecule has 5 heteroatoms. The van der Waals surface area contributed by atoms with E-state index in [0.29, 0.717) is 16.3 Å². The second-order valence-electron chi connectivity index (χ2n) is 2.98. The molecule has 0 aromatic carbocycles. The first-order chi connectivity index (χ1) is 7.27. The van der Waals surface area contributed by atoms with Gasteiger partial charge in [-0.1, -0.05) is 6.07 Å². The first kappa shape index (κ1) is 10.3. The van der Waals surface area contributed by atoms with Crippen LogP contribution in [0.2, 0.25) is 0 Å². The van der Waals surface area contributed by atoms with Crippen molar-refractivity contribution in [3.05, 3.63) is 40.8 Å². The normalized spacial score (nSPS) is 12.5. The van der Waals surface area contributed by atoms with E-state index in [-0.39, 0.29) is 0 Å². The molecular formula is C10H10N2OS2. The SMILES string of the molecule is Nc1cnccc1S(=O)Cc1cccs1. The summed E-state index contributed by atoms with van der Waals surface area (Å²) in [7, 11) is -1.08. The van der Waals surface area contributed by atoms with Crippen molar-refractivity contribution < 1.29 is 4.21 Å². The van der Waals surface area contributed by atoms with E-state index in [2.05, 4.69) is 4.98 Å². The zero-order chi connectivity index (χ0) is 10.7. The summed E-state index contributed by atoms with van der Waals surface area (Å²) in [4.78, 5) is 5.63. The number of aromatic nitrogens is 1. The van der Waals surface area contributed by atoms with Gasteiger partial charge in [0.05, 0.1) is 33.3 Å². The highest BCUT2D eigenvalue weighted by atomic mass is 32.2. The maximum atomic E-state index is 11.9. The van der Waals surface area contributed by atoms with Gasteiger partial charge in [0.15, 0.2) is 0 Å². The van der Waals surface area contributed by atoms with Crippen molar-refractivity contribution in [2.75, 3.05) is 5.73 Å². The highest BCUT2D eigenvalue weighted by molar-refractivity contribution is 7.84. The summed E-state index contributed by atoms with van der Waals surface area (Å²) >= 11 is 1.60. The van der Waals surface area contributed by atoms with Crippen LogP contribution in [0, 0.1) is 0 Å². The van der Waals surface area contributed by atoms with Crippen molar-refractivity contribution in [1.82, 2.24) is 4.98 Å². The zero-order valence-electron chi connectivity index (χ0n) is 7.92. The number of nitrogens with two attached hydrogens (primary N) is 1. The second kappa shape index (κ2) is 4.55. The third-order valence-corrected chi connectivity index (χ3v) is 4.40. The van der Waals surface area contributed by atoms with E-state index in [0.717, 1.165) is 4.88 Å². The molecule has 78 valence electrons. The van der Waals surface area contributed by atoms with Crippen LogP contribution >= 0.6 is 11.3 Å². The Bertz CT molecular complexity index is 468. The van der Waals surface area contributed by atoms with Crippen molar-refractivity contribution >= 4 is 27.8 Å². The summed E-state index contributed by atoms with van der Waals surface area (Å²) < 4.78 is 11.9. The number of anilines is 1. The van der Waals surface area contributed by atoms with E-state index in [1.807, 2.05) is 17.5 Å². The highest BCUT2D eigenvalue weighted by Crippen LogP contribution is 2.19. The molecule has 0 aliphatic heterocycles. The fraction of sp³-hybridized carbons (Fsp3) is 0.100. The predicted octanol–water partition coefficient (Wildman–Crippen LogP) is 2.03. The Morgan fingerprint density at radius 1 is 1.47 bits per heavy atom. The molecule has 0 fully saturated rings. The van der Waals surface area contributed by atoms with Crippen molar-refractivity contribution in [3.63, 3.8) is 0 Å². The molecule has 2 heterocycles. The summed E-state index contributed by atoms with van der Waals surface area (Å²) in [6.45, 7) is 0. The summed E-state index contributed by atoms with van der Waals surface area (Å²) in [5.74, 6) is 0.520. The summed E-state index contributed by atoms with van der Waals surface area (Å²) in [6, 6.07) is 5.63. The molecule has 0 aliphatic carbocycles. The lowest BCUT2D eigenvalue weighted by atomic mass is 10.4. The lowest BCUT2D eigenvalue weighted by Gasteiger charge is -2.03. The molecule has 0 aliphatic rings. The average Bonchev–Trinajstić information content (AvgIpc) is 2.71. The molecule has 2 aromatic heterocycles. The molecule has 3 nitrogen and oxygen atoms in total. The molecule has 1 atom stereocenters. The van der Waals surface area contributed by atoms with Crippen molar-refractivity contribution in [2.45, 2.75) is 10.6 Å². The second-order valence-corrected chi connectivity index (χ2v) is 5.43. The fourth-order valence-electron chi connectivity index (χ4n) is 1.20. The Morgan fingerprint density at radius 3 is 3.00 bits per heavy atom. The molecule has 0 saturated carbocycles. The Balaban J connectivity index is 2.19. The lowest BCUT2D eigenvalue weighted by Crippen LogP contribution is -2.00. The minimum absolute atomic E-state index is 0.493. The van der Waals surface area contributed by atoms with Crippen LogP contribution in [0.1, 0.15) is 4.88 Å². The molecule has 15 heavy (non-hydrogen) atoms. The van der Waals surface area contributed by atoms with Crippen molar-refractivity contribution in [3.8, 4) is 0 Å². The Morgan fingerprint density at radius 2 is 2.33 bits per heavy atom. The molecule has 0 spiro atoms. The maximum absolute atomic E-state index is 11.9. The molecule has 1 unspecified atom stereocenters. The van der Waals surface area contributed by atoms with E-state index >= 15 is 0 Å².